The first-order chi connectivity index (χ1) is 10.6. The number of nitrogens with zero attached hydrogens (tertiary/aromatic N) is 3. The van der Waals surface area contributed by atoms with Crippen LogP contribution in [0.25, 0.3) is 0 Å². The molecule has 1 amide bonds. The van der Waals surface area contributed by atoms with Crippen molar-refractivity contribution < 1.29 is 4.79 Å². The van der Waals surface area contributed by atoms with Gasteiger partial charge in [0.1, 0.15) is 5.69 Å². The van der Waals surface area contributed by atoms with E-state index in [0.29, 0.717) is 5.69 Å². The fourth-order valence-corrected chi connectivity index (χ4v) is 2.86. The van der Waals surface area contributed by atoms with Gasteiger partial charge in [0.25, 0.3) is 5.91 Å². The summed E-state index contributed by atoms with van der Waals surface area (Å²) in [6.07, 6.45) is 4.14. The standard InChI is InChI=1S/C17H22N4O/c1-13(2)21-16(8-9-18-21)17(22)19-14-6-5-7-15(12-14)20-10-3-4-11-20/h5-9,12-13H,3-4,10-11H2,1-2H3,(H,19,22). The third-order valence-electron chi connectivity index (χ3n) is 3.97. The lowest BCUT2D eigenvalue weighted by atomic mass is 10.2. The van der Waals surface area contributed by atoms with Crippen LogP contribution in [0.3, 0.4) is 0 Å². The van der Waals surface area contributed by atoms with Gasteiger partial charge in [-0.15, -0.1) is 0 Å². The lowest BCUT2D eigenvalue weighted by Gasteiger charge is -2.18. The second-order valence-electron chi connectivity index (χ2n) is 5.95. The molecule has 22 heavy (non-hydrogen) atoms. The molecule has 1 aromatic heterocycles. The number of aromatic nitrogens is 2. The molecule has 1 aromatic carbocycles. The van der Waals surface area contributed by atoms with Crippen LogP contribution in [0, 0.1) is 0 Å². The minimum Gasteiger partial charge on any atom is -0.371 e. The van der Waals surface area contributed by atoms with Crippen LogP contribution in [0.1, 0.15) is 43.2 Å². The number of amides is 1. The first-order valence-electron chi connectivity index (χ1n) is 7.85. The number of nitrogens with one attached hydrogen (secondary N) is 1. The Morgan fingerprint density at radius 2 is 2.00 bits per heavy atom. The van der Waals surface area contributed by atoms with E-state index >= 15 is 0 Å². The van der Waals surface area contributed by atoms with E-state index in [1.54, 1.807) is 16.9 Å². The molecule has 1 aliphatic heterocycles. The van der Waals surface area contributed by atoms with Crippen molar-refractivity contribution >= 4 is 17.3 Å². The summed E-state index contributed by atoms with van der Waals surface area (Å²) in [5.74, 6) is -0.121. The van der Waals surface area contributed by atoms with Gasteiger partial charge in [0.15, 0.2) is 0 Å². The average Bonchev–Trinajstić information content (AvgIpc) is 3.19. The van der Waals surface area contributed by atoms with Crippen molar-refractivity contribution in [1.82, 2.24) is 9.78 Å². The van der Waals surface area contributed by atoms with E-state index < -0.39 is 0 Å². The molecule has 0 radical (unpaired) electrons. The summed E-state index contributed by atoms with van der Waals surface area (Å²) in [5.41, 5.74) is 2.58. The number of carbonyl (C=O) groups is 1. The van der Waals surface area contributed by atoms with Crippen LogP contribution < -0.4 is 10.2 Å². The second kappa shape index (κ2) is 6.22. The molecule has 0 aliphatic carbocycles. The Morgan fingerprint density at radius 1 is 1.23 bits per heavy atom. The number of anilines is 2. The van der Waals surface area contributed by atoms with Crippen molar-refractivity contribution in [1.29, 1.82) is 0 Å². The fourth-order valence-electron chi connectivity index (χ4n) is 2.86. The van der Waals surface area contributed by atoms with E-state index in [1.165, 1.54) is 18.5 Å². The molecule has 0 unspecified atom stereocenters. The third-order valence-corrected chi connectivity index (χ3v) is 3.97. The van der Waals surface area contributed by atoms with Gasteiger partial charge in [-0.05, 0) is 51.0 Å². The predicted molar refractivity (Wildman–Crippen MR) is 88.5 cm³/mol. The predicted octanol–water partition coefficient (Wildman–Crippen LogP) is 3.32. The summed E-state index contributed by atoms with van der Waals surface area (Å²) in [6, 6.07) is 9.96. The maximum Gasteiger partial charge on any atom is 0.273 e. The van der Waals surface area contributed by atoms with Crippen LogP contribution in [0.2, 0.25) is 0 Å². The van der Waals surface area contributed by atoms with E-state index in [9.17, 15) is 4.79 Å². The van der Waals surface area contributed by atoms with Crippen LogP contribution in [-0.2, 0) is 0 Å². The molecule has 5 heteroatoms. The summed E-state index contributed by atoms with van der Waals surface area (Å²) in [6.45, 7) is 6.21. The van der Waals surface area contributed by atoms with Gasteiger partial charge in [-0.25, -0.2) is 0 Å². The molecular weight excluding hydrogens is 276 g/mol. The molecule has 5 nitrogen and oxygen atoms in total. The lowest BCUT2D eigenvalue weighted by molar-refractivity contribution is 0.101. The van der Waals surface area contributed by atoms with Crippen molar-refractivity contribution in [2.75, 3.05) is 23.3 Å². The molecule has 1 N–H and O–H groups in total. The normalized spacial score (nSPS) is 14.6. The highest BCUT2D eigenvalue weighted by atomic mass is 16.2. The highest BCUT2D eigenvalue weighted by molar-refractivity contribution is 6.03. The molecule has 0 saturated carbocycles. The molecule has 1 aliphatic rings. The van der Waals surface area contributed by atoms with E-state index in [-0.39, 0.29) is 11.9 Å². The highest BCUT2D eigenvalue weighted by Crippen LogP contribution is 2.23. The van der Waals surface area contributed by atoms with Crippen LogP contribution >= 0.6 is 0 Å². The minimum absolute atomic E-state index is 0.121. The molecule has 2 heterocycles. The average molecular weight is 298 g/mol. The van der Waals surface area contributed by atoms with E-state index in [1.807, 2.05) is 32.0 Å². The summed E-state index contributed by atoms with van der Waals surface area (Å²) in [4.78, 5) is 14.8. The first kappa shape index (κ1) is 14.6. The van der Waals surface area contributed by atoms with Crippen molar-refractivity contribution in [2.24, 2.45) is 0 Å². The first-order valence-corrected chi connectivity index (χ1v) is 7.85. The van der Waals surface area contributed by atoms with Gasteiger partial charge in [0.2, 0.25) is 0 Å². The van der Waals surface area contributed by atoms with Gasteiger partial charge < -0.3 is 10.2 Å². The number of benzene rings is 1. The summed E-state index contributed by atoms with van der Waals surface area (Å²) in [5, 5.41) is 7.18. The third kappa shape index (κ3) is 2.98. The maximum absolute atomic E-state index is 12.4. The number of carbonyl (C=O) groups excluding carboxylic acids is 1. The van der Waals surface area contributed by atoms with Crippen LogP contribution in [-0.4, -0.2) is 28.8 Å². The Hall–Kier alpha value is -2.30. The van der Waals surface area contributed by atoms with Crippen molar-refractivity contribution in [3.63, 3.8) is 0 Å². The Bertz CT molecular complexity index is 656. The van der Waals surface area contributed by atoms with Crippen LogP contribution in [0.5, 0.6) is 0 Å². The van der Waals surface area contributed by atoms with Crippen molar-refractivity contribution in [3.05, 3.63) is 42.2 Å². The molecule has 116 valence electrons. The molecule has 3 rings (SSSR count). The van der Waals surface area contributed by atoms with Gasteiger partial charge in [0.05, 0.1) is 0 Å². The smallest absolute Gasteiger partial charge is 0.273 e. The number of rotatable bonds is 4. The topological polar surface area (TPSA) is 50.2 Å². The molecule has 0 bridgehead atoms. The molecule has 1 saturated heterocycles. The Morgan fingerprint density at radius 3 is 2.73 bits per heavy atom. The van der Waals surface area contributed by atoms with E-state index in [4.69, 9.17) is 0 Å². The summed E-state index contributed by atoms with van der Waals surface area (Å²) < 4.78 is 1.74. The molecule has 2 aromatic rings. The fraction of sp³-hybridized carbons (Fsp3) is 0.412. The van der Waals surface area contributed by atoms with Crippen molar-refractivity contribution in [2.45, 2.75) is 32.7 Å². The van der Waals surface area contributed by atoms with Crippen LogP contribution in [0.15, 0.2) is 36.5 Å². The highest BCUT2D eigenvalue weighted by Gasteiger charge is 2.16. The summed E-state index contributed by atoms with van der Waals surface area (Å²) >= 11 is 0. The summed E-state index contributed by atoms with van der Waals surface area (Å²) in [7, 11) is 0. The molecule has 0 spiro atoms. The SMILES string of the molecule is CC(C)n1nccc1C(=O)Nc1cccc(N2CCCC2)c1. The molecule has 1 fully saturated rings. The zero-order chi connectivity index (χ0) is 15.5. The van der Waals surface area contributed by atoms with Crippen LogP contribution in [0.4, 0.5) is 11.4 Å². The van der Waals surface area contributed by atoms with E-state index in [2.05, 4.69) is 21.4 Å². The van der Waals surface area contributed by atoms with E-state index in [0.717, 1.165) is 18.8 Å². The molecular formula is C17H22N4O. The number of hydrogen-bond acceptors (Lipinski definition) is 3. The van der Waals surface area contributed by atoms with Gasteiger partial charge in [-0.2, -0.15) is 5.10 Å². The Labute approximate surface area is 130 Å². The number of hydrogen-bond donors (Lipinski definition) is 1. The lowest BCUT2D eigenvalue weighted by Crippen LogP contribution is -2.20. The zero-order valence-electron chi connectivity index (χ0n) is 13.1. The Balaban J connectivity index is 1.76. The van der Waals surface area contributed by atoms with Gasteiger partial charge in [0, 0.05) is 36.7 Å². The van der Waals surface area contributed by atoms with Gasteiger partial charge in [-0.1, -0.05) is 6.07 Å². The molecule has 0 atom stereocenters. The minimum atomic E-state index is -0.121. The van der Waals surface area contributed by atoms with Crippen molar-refractivity contribution in [3.8, 4) is 0 Å². The Kier molecular flexibility index (Phi) is 4.13. The largest absolute Gasteiger partial charge is 0.371 e. The monoisotopic (exact) mass is 298 g/mol. The zero-order valence-corrected chi connectivity index (χ0v) is 13.1. The quantitative estimate of drug-likeness (QED) is 0.942. The van der Waals surface area contributed by atoms with Gasteiger partial charge in [-0.3, -0.25) is 9.48 Å². The van der Waals surface area contributed by atoms with Gasteiger partial charge >= 0.3 is 0 Å². The maximum atomic E-state index is 12.4. The second-order valence-corrected chi connectivity index (χ2v) is 5.95.